The summed E-state index contributed by atoms with van der Waals surface area (Å²) in [6.45, 7) is 2.74. The molecule has 1 aromatic heterocycles. The first kappa shape index (κ1) is 13.2. The second-order valence-electron chi connectivity index (χ2n) is 5.61. The van der Waals surface area contributed by atoms with Crippen molar-refractivity contribution in [3.8, 4) is 0 Å². The van der Waals surface area contributed by atoms with Gasteiger partial charge >= 0.3 is 0 Å². The van der Waals surface area contributed by atoms with Crippen LogP contribution in [0.1, 0.15) is 12.8 Å². The molecular weight excluding hydrogens is 250 g/mol. The first-order valence-corrected chi connectivity index (χ1v) is 7.24. The SMILES string of the molecule is Cn1c(=O)cc(N2CCC(CN)CC2)c2ccccc21. The van der Waals surface area contributed by atoms with Gasteiger partial charge in [0.2, 0.25) is 0 Å². The molecule has 4 nitrogen and oxygen atoms in total. The lowest BCUT2D eigenvalue weighted by atomic mass is 9.96. The molecule has 4 heteroatoms. The van der Waals surface area contributed by atoms with Crippen molar-refractivity contribution in [3.63, 3.8) is 0 Å². The van der Waals surface area contributed by atoms with Gasteiger partial charge in [-0.1, -0.05) is 18.2 Å². The summed E-state index contributed by atoms with van der Waals surface area (Å²) in [5.41, 5.74) is 7.87. The van der Waals surface area contributed by atoms with Crippen LogP contribution < -0.4 is 16.2 Å². The molecule has 0 bridgehead atoms. The zero-order valence-electron chi connectivity index (χ0n) is 11.9. The van der Waals surface area contributed by atoms with Crippen LogP contribution in [-0.2, 0) is 7.05 Å². The van der Waals surface area contributed by atoms with Crippen molar-refractivity contribution in [1.29, 1.82) is 0 Å². The number of fused-ring (bicyclic) bond motifs is 1. The third-order valence-electron chi connectivity index (χ3n) is 4.42. The van der Waals surface area contributed by atoms with Gasteiger partial charge in [0, 0.05) is 31.6 Å². The number of aromatic nitrogens is 1. The van der Waals surface area contributed by atoms with E-state index >= 15 is 0 Å². The van der Waals surface area contributed by atoms with Gasteiger partial charge in [0.25, 0.3) is 5.56 Å². The largest absolute Gasteiger partial charge is 0.371 e. The van der Waals surface area contributed by atoms with Crippen molar-refractivity contribution in [3.05, 3.63) is 40.7 Å². The van der Waals surface area contributed by atoms with Gasteiger partial charge in [0.05, 0.1) is 11.2 Å². The molecule has 0 amide bonds. The Hall–Kier alpha value is -1.81. The molecule has 106 valence electrons. The van der Waals surface area contributed by atoms with E-state index in [-0.39, 0.29) is 5.56 Å². The predicted octanol–water partition coefficient (Wildman–Crippen LogP) is 1.71. The van der Waals surface area contributed by atoms with E-state index in [1.54, 1.807) is 10.6 Å². The molecule has 1 aromatic carbocycles. The maximum Gasteiger partial charge on any atom is 0.252 e. The van der Waals surface area contributed by atoms with Crippen molar-refractivity contribution in [1.82, 2.24) is 4.57 Å². The van der Waals surface area contributed by atoms with Crippen molar-refractivity contribution >= 4 is 16.6 Å². The minimum Gasteiger partial charge on any atom is -0.371 e. The number of nitrogens with zero attached hydrogens (tertiary/aromatic N) is 2. The molecule has 1 aliphatic heterocycles. The predicted molar refractivity (Wildman–Crippen MR) is 83.2 cm³/mol. The number of hydrogen-bond donors (Lipinski definition) is 1. The highest BCUT2D eigenvalue weighted by Crippen LogP contribution is 2.28. The highest BCUT2D eigenvalue weighted by atomic mass is 16.1. The second kappa shape index (κ2) is 5.29. The molecule has 20 heavy (non-hydrogen) atoms. The van der Waals surface area contributed by atoms with E-state index in [4.69, 9.17) is 5.73 Å². The molecule has 3 rings (SSSR count). The van der Waals surface area contributed by atoms with E-state index in [0.717, 1.165) is 49.1 Å². The van der Waals surface area contributed by atoms with Gasteiger partial charge in [0.15, 0.2) is 0 Å². The molecule has 0 saturated carbocycles. The fourth-order valence-electron chi connectivity index (χ4n) is 3.06. The first-order valence-electron chi connectivity index (χ1n) is 7.24. The number of aryl methyl sites for hydroxylation is 1. The normalized spacial score (nSPS) is 16.8. The molecule has 0 unspecified atom stereocenters. The number of para-hydroxylation sites is 1. The molecule has 2 N–H and O–H groups in total. The van der Waals surface area contributed by atoms with Crippen LogP contribution in [0, 0.1) is 5.92 Å². The summed E-state index contributed by atoms with van der Waals surface area (Å²) in [7, 11) is 1.83. The fourth-order valence-corrected chi connectivity index (χ4v) is 3.06. The van der Waals surface area contributed by atoms with E-state index in [1.165, 1.54) is 0 Å². The first-order chi connectivity index (χ1) is 9.70. The van der Waals surface area contributed by atoms with Gasteiger partial charge in [-0.15, -0.1) is 0 Å². The number of pyridine rings is 1. The van der Waals surface area contributed by atoms with Crippen LogP contribution in [0.3, 0.4) is 0 Å². The smallest absolute Gasteiger partial charge is 0.252 e. The lowest BCUT2D eigenvalue weighted by Gasteiger charge is -2.33. The van der Waals surface area contributed by atoms with E-state index in [2.05, 4.69) is 11.0 Å². The molecule has 2 heterocycles. The highest BCUT2D eigenvalue weighted by Gasteiger charge is 2.20. The van der Waals surface area contributed by atoms with Crippen LogP contribution in [0.2, 0.25) is 0 Å². The molecule has 0 atom stereocenters. The Bertz CT molecular complexity index is 669. The van der Waals surface area contributed by atoms with Gasteiger partial charge in [-0.25, -0.2) is 0 Å². The van der Waals surface area contributed by atoms with Gasteiger partial charge in [-0.3, -0.25) is 4.79 Å². The summed E-state index contributed by atoms with van der Waals surface area (Å²) < 4.78 is 1.71. The summed E-state index contributed by atoms with van der Waals surface area (Å²) in [5.74, 6) is 0.629. The maximum atomic E-state index is 12.1. The lowest BCUT2D eigenvalue weighted by molar-refractivity contribution is 0.415. The average Bonchev–Trinajstić information content (AvgIpc) is 2.51. The molecule has 1 aliphatic rings. The third kappa shape index (κ3) is 2.20. The van der Waals surface area contributed by atoms with Crippen LogP contribution in [0.4, 0.5) is 5.69 Å². The Kier molecular flexibility index (Phi) is 3.49. The summed E-state index contributed by atoms with van der Waals surface area (Å²) in [5, 5.41) is 1.15. The zero-order chi connectivity index (χ0) is 14.1. The summed E-state index contributed by atoms with van der Waals surface area (Å²) >= 11 is 0. The van der Waals surface area contributed by atoms with Crippen molar-refractivity contribution in [2.75, 3.05) is 24.5 Å². The van der Waals surface area contributed by atoms with E-state index in [0.29, 0.717) is 5.92 Å². The number of benzene rings is 1. The summed E-state index contributed by atoms with van der Waals surface area (Å²) in [4.78, 5) is 14.5. The van der Waals surface area contributed by atoms with Gasteiger partial charge in [-0.05, 0) is 31.4 Å². The van der Waals surface area contributed by atoms with E-state index in [1.807, 2.05) is 25.2 Å². The van der Waals surface area contributed by atoms with Crippen LogP contribution in [0.15, 0.2) is 35.1 Å². The highest BCUT2D eigenvalue weighted by molar-refractivity contribution is 5.91. The Morgan fingerprint density at radius 3 is 2.65 bits per heavy atom. The Balaban J connectivity index is 2.04. The molecule has 1 fully saturated rings. The van der Waals surface area contributed by atoms with Gasteiger partial charge in [-0.2, -0.15) is 0 Å². The number of rotatable bonds is 2. The molecule has 1 saturated heterocycles. The molecule has 0 radical (unpaired) electrons. The monoisotopic (exact) mass is 271 g/mol. The Morgan fingerprint density at radius 2 is 1.95 bits per heavy atom. The fraction of sp³-hybridized carbons (Fsp3) is 0.438. The quantitative estimate of drug-likeness (QED) is 0.904. The lowest BCUT2D eigenvalue weighted by Crippen LogP contribution is -2.37. The zero-order valence-corrected chi connectivity index (χ0v) is 11.9. The summed E-state index contributed by atoms with van der Waals surface area (Å²) in [6, 6.07) is 9.88. The number of piperidine rings is 1. The van der Waals surface area contributed by atoms with E-state index < -0.39 is 0 Å². The Morgan fingerprint density at radius 1 is 1.25 bits per heavy atom. The molecular formula is C16H21N3O. The number of anilines is 1. The van der Waals surface area contributed by atoms with Crippen LogP contribution in [0.5, 0.6) is 0 Å². The molecule has 0 aliphatic carbocycles. The van der Waals surface area contributed by atoms with Crippen molar-refractivity contribution < 1.29 is 0 Å². The minimum atomic E-state index is 0.0552. The second-order valence-corrected chi connectivity index (χ2v) is 5.61. The standard InChI is InChI=1S/C16H21N3O/c1-18-14-5-3-2-4-13(14)15(10-16(18)20)19-8-6-12(11-17)7-9-19/h2-5,10,12H,6-9,11,17H2,1H3. The Labute approximate surface area is 118 Å². The topological polar surface area (TPSA) is 51.3 Å². The van der Waals surface area contributed by atoms with Crippen molar-refractivity contribution in [2.24, 2.45) is 18.7 Å². The minimum absolute atomic E-state index is 0.0552. The van der Waals surface area contributed by atoms with Gasteiger partial charge in [0.1, 0.15) is 0 Å². The summed E-state index contributed by atoms with van der Waals surface area (Å²) in [6.07, 6.45) is 2.22. The van der Waals surface area contributed by atoms with Crippen LogP contribution in [0.25, 0.3) is 10.9 Å². The average molecular weight is 271 g/mol. The van der Waals surface area contributed by atoms with Crippen LogP contribution in [-0.4, -0.2) is 24.2 Å². The van der Waals surface area contributed by atoms with Gasteiger partial charge < -0.3 is 15.2 Å². The molecule has 0 spiro atoms. The molecule has 2 aromatic rings. The van der Waals surface area contributed by atoms with Crippen LogP contribution >= 0.6 is 0 Å². The number of hydrogen-bond acceptors (Lipinski definition) is 3. The van der Waals surface area contributed by atoms with E-state index in [9.17, 15) is 4.79 Å². The number of nitrogens with two attached hydrogens (primary N) is 1. The van der Waals surface area contributed by atoms with Crippen molar-refractivity contribution in [2.45, 2.75) is 12.8 Å². The third-order valence-corrected chi connectivity index (χ3v) is 4.42. The maximum absolute atomic E-state index is 12.1.